The summed E-state index contributed by atoms with van der Waals surface area (Å²) < 4.78 is 13.2. The Labute approximate surface area is 256 Å². The Balaban J connectivity index is 1.62. The summed E-state index contributed by atoms with van der Waals surface area (Å²) in [6, 6.07) is 39.5. The number of aromatic nitrogens is 4. The number of hydrogen-bond donors (Lipinski definition) is 0. The largest absolute Gasteiger partial charge is 0.497 e. The molecule has 212 valence electrons. The maximum atomic E-state index is 5.64. The Morgan fingerprint density at radius 1 is 0.837 bits per heavy atom. The van der Waals surface area contributed by atoms with Gasteiger partial charge in [0.15, 0.2) is 22.1 Å². The fraction of sp³-hybridized carbons (Fsp3) is 0.114. The van der Waals surface area contributed by atoms with Gasteiger partial charge in [-0.2, -0.15) is 0 Å². The van der Waals surface area contributed by atoms with E-state index < -0.39 is 7.05 Å². The third kappa shape index (κ3) is 5.85. The van der Waals surface area contributed by atoms with E-state index in [4.69, 9.17) is 30.9 Å². The standard InChI is InChI=1S/C35H30N5OPS/c1-3-4-14-24-40-34-32(38-35(40)43-31-23-15-16-27(25-31)41-2)33(36-26-37-34)39-42(28-17-8-5-9-18-28,29-19-10-6-11-20-29)30-21-12-7-13-22-30/h1,5-13,15-23,25-26H,4,14,24H2,2H3. The number of aryl methyl sites for hydroxylation is 1. The van der Waals surface area contributed by atoms with Crippen molar-refractivity contribution in [3.63, 3.8) is 0 Å². The first-order valence-electron chi connectivity index (χ1n) is 14.0. The maximum Gasteiger partial charge on any atom is 0.183 e. The number of terminal acetylenes is 1. The van der Waals surface area contributed by atoms with E-state index in [0.29, 0.717) is 24.3 Å². The van der Waals surface area contributed by atoms with Crippen molar-refractivity contribution in [2.24, 2.45) is 4.74 Å². The summed E-state index contributed by atoms with van der Waals surface area (Å²) in [4.78, 5) is 15.6. The third-order valence-corrected chi connectivity index (χ3v) is 11.7. The van der Waals surface area contributed by atoms with Gasteiger partial charge in [-0.25, -0.2) is 19.7 Å². The minimum Gasteiger partial charge on any atom is -0.497 e. The molecular formula is C35H30N5OPS. The minimum atomic E-state index is -2.55. The highest BCUT2D eigenvalue weighted by Gasteiger charge is 2.29. The molecule has 6 aromatic rings. The van der Waals surface area contributed by atoms with E-state index in [1.807, 2.05) is 42.5 Å². The number of fused-ring (bicyclic) bond motifs is 1. The Bertz CT molecular complexity index is 1830. The molecule has 0 radical (unpaired) electrons. The van der Waals surface area contributed by atoms with Crippen LogP contribution in [0.1, 0.15) is 12.8 Å². The van der Waals surface area contributed by atoms with Gasteiger partial charge in [0.25, 0.3) is 0 Å². The van der Waals surface area contributed by atoms with E-state index in [1.54, 1.807) is 25.2 Å². The van der Waals surface area contributed by atoms with Crippen LogP contribution in [0.2, 0.25) is 0 Å². The zero-order chi connectivity index (χ0) is 29.5. The van der Waals surface area contributed by atoms with Crippen molar-refractivity contribution in [2.45, 2.75) is 29.4 Å². The van der Waals surface area contributed by atoms with E-state index in [-0.39, 0.29) is 0 Å². The molecule has 0 aliphatic heterocycles. The van der Waals surface area contributed by atoms with Crippen molar-refractivity contribution in [1.29, 1.82) is 0 Å². The molecular weight excluding hydrogens is 569 g/mol. The molecule has 0 aliphatic carbocycles. The lowest BCUT2D eigenvalue weighted by Crippen LogP contribution is -2.25. The molecule has 43 heavy (non-hydrogen) atoms. The van der Waals surface area contributed by atoms with E-state index in [9.17, 15) is 0 Å². The fourth-order valence-corrected chi connectivity index (χ4v) is 9.50. The fourth-order valence-electron chi connectivity index (χ4n) is 5.06. The van der Waals surface area contributed by atoms with E-state index in [1.165, 1.54) is 0 Å². The van der Waals surface area contributed by atoms with Gasteiger partial charge in [-0.15, -0.1) is 12.3 Å². The van der Waals surface area contributed by atoms with Gasteiger partial charge in [0.2, 0.25) is 0 Å². The van der Waals surface area contributed by atoms with Gasteiger partial charge < -0.3 is 9.30 Å². The predicted molar refractivity (Wildman–Crippen MR) is 178 cm³/mol. The number of nitrogens with zero attached hydrogens (tertiary/aromatic N) is 5. The summed E-state index contributed by atoms with van der Waals surface area (Å²) in [6.45, 7) is 0.680. The number of hydrogen-bond acceptors (Lipinski definition) is 6. The van der Waals surface area contributed by atoms with Gasteiger partial charge in [0, 0.05) is 33.8 Å². The van der Waals surface area contributed by atoms with Crippen LogP contribution in [0.5, 0.6) is 5.75 Å². The van der Waals surface area contributed by atoms with Crippen LogP contribution in [-0.2, 0) is 6.54 Å². The lowest BCUT2D eigenvalue weighted by molar-refractivity contribution is 0.413. The van der Waals surface area contributed by atoms with Crippen LogP contribution < -0.4 is 20.7 Å². The van der Waals surface area contributed by atoms with Crippen molar-refractivity contribution >= 4 is 51.7 Å². The lowest BCUT2D eigenvalue weighted by Gasteiger charge is -2.26. The quantitative estimate of drug-likeness (QED) is 0.0946. The van der Waals surface area contributed by atoms with E-state index in [0.717, 1.165) is 43.8 Å². The molecule has 0 saturated carbocycles. The summed E-state index contributed by atoms with van der Waals surface area (Å²) in [5.74, 6) is 4.11. The Morgan fingerprint density at radius 2 is 1.47 bits per heavy atom. The SMILES string of the molecule is C#CCCCn1c(Sc2cccc(OC)c2)nc2c(N=P(c3ccccc3)(c3ccccc3)c3ccccc3)ncnc21. The van der Waals surface area contributed by atoms with Gasteiger partial charge in [0.05, 0.1) is 14.2 Å². The summed E-state index contributed by atoms with van der Waals surface area (Å²) in [5, 5.41) is 4.22. The summed E-state index contributed by atoms with van der Waals surface area (Å²) in [5.41, 5.74) is 1.41. The third-order valence-electron chi connectivity index (χ3n) is 7.07. The molecule has 0 saturated heterocycles. The van der Waals surface area contributed by atoms with Crippen LogP contribution in [0.25, 0.3) is 11.2 Å². The number of benzene rings is 4. The van der Waals surface area contributed by atoms with Crippen molar-refractivity contribution in [1.82, 2.24) is 19.5 Å². The van der Waals surface area contributed by atoms with Crippen molar-refractivity contribution < 1.29 is 4.74 Å². The van der Waals surface area contributed by atoms with Crippen molar-refractivity contribution in [3.8, 4) is 18.1 Å². The molecule has 0 spiro atoms. The molecule has 6 rings (SSSR count). The van der Waals surface area contributed by atoms with Crippen LogP contribution in [0.15, 0.2) is 136 Å². The highest BCUT2D eigenvalue weighted by atomic mass is 32.2. The normalized spacial score (nSPS) is 11.3. The second-order valence-electron chi connectivity index (χ2n) is 9.75. The average Bonchev–Trinajstić information content (AvgIpc) is 3.42. The number of rotatable bonds is 10. The zero-order valence-electron chi connectivity index (χ0n) is 23.7. The Kier molecular flexibility index (Phi) is 8.70. The second-order valence-corrected chi connectivity index (χ2v) is 13.8. The maximum absolute atomic E-state index is 5.64. The molecule has 2 aromatic heterocycles. The van der Waals surface area contributed by atoms with E-state index in [2.05, 4.69) is 83.3 Å². The van der Waals surface area contributed by atoms with Crippen LogP contribution in [0.3, 0.4) is 0 Å². The Hall–Kier alpha value is -4.63. The molecule has 0 N–H and O–H groups in total. The summed E-state index contributed by atoms with van der Waals surface area (Å²) in [6.07, 6.45) is 8.66. The number of unbranched alkanes of at least 4 members (excludes halogenated alkanes) is 1. The average molecular weight is 600 g/mol. The first-order chi connectivity index (χ1) is 21.2. The molecule has 0 fully saturated rings. The molecule has 2 heterocycles. The van der Waals surface area contributed by atoms with E-state index >= 15 is 0 Å². The zero-order valence-corrected chi connectivity index (χ0v) is 25.5. The number of methoxy groups -OCH3 is 1. The van der Waals surface area contributed by atoms with Gasteiger partial charge in [-0.1, -0.05) is 109 Å². The van der Waals surface area contributed by atoms with Crippen molar-refractivity contribution in [2.75, 3.05) is 7.11 Å². The highest BCUT2D eigenvalue weighted by Crippen LogP contribution is 2.49. The topological polar surface area (TPSA) is 65.2 Å². The van der Waals surface area contributed by atoms with Gasteiger partial charge >= 0.3 is 0 Å². The second kappa shape index (κ2) is 13.1. The molecule has 0 amide bonds. The van der Waals surface area contributed by atoms with Crippen LogP contribution in [0.4, 0.5) is 5.82 Å². The number of ether oxygens (including phenoxy) is 1. The van der Waals surface area contributed by atoms with Crippen LogP contribution in [-0.4, -0.2) is 26.6 Å². The molecule has 0 unspecified atom stereocenters. The van der Waals surface area contributed by atoms with Crippen molar-refractivity contribution in [3.05, 3.63) is 122 Å². The molecule has 6 nitrogen and oxygen atoms in total. The minimum absolute atomic E-state index is 0.568. The highest BCUT2D eigenvalue weighted by molar-refractivity contribution is 7.99. The monoisotopic (exact) mass is 599 g/mol. The van der Waals surface area contributed by atoms with Gasteiger partial charge in [-0.05, 0) is 24.6 Å². The summed E-state index contributed by atoms with van der Waals surface area (Å²) >= 11 is 1.56. The molecule has 0 atom stereocenters. The predicted octanol–water partition coefficient (Wildman–Crippen LogP) is 7.21. The molecule has 4 aromatic carbocycles. The smallest absolute Gasteiger partial charge is 0.183 e. The number of imidazole rings is 1. The van der Waals surface area contributed by atoms with Crippen LogP contribution in [0, 0.1) is 12.3 Å². The first-order valence-corrected chi connectivity index (χ1v) is 16.5. The lowest BCUT2D eigenvalue weighted by atomic mass is 10.3. The molecule has 8 heteroatoms. The van der Waals surface area contributed by atoms with Gasteiger partial charge in [-0.3, -0.25) is 0 Å². The molecule has 0 aliphatic rings. The van der Waals surface area contributed by atoms with Crippen LogP contribution >= 0.6 is 18.8 Å². The Morgan fingerprint density at radius 3 is 2.05 bits per heavy atom. The van der Waals surface area contributed by atoms with Gasteiger partial charge in [0.1, 0.15) is 12.1 Å². The summed E-state index contributed by atoms with van der Waals surface area (Å²) in [7, 11) is -0.883. The first kappa shape index (κ1) is 28.5. The molecule has 0 bridgehead atoms.